The zero-order valence-corrected chi connectivity index (χ0v) is 20.7. The lowest BCUT2D eigenvalue weighted by molar-refractivity contribution is 0.0714. The fourth-order valence-corrected chi connectivity index (χ4v) is 4.51. The first-order valence-electron chi connectivity index (χ1n) is 11.4. The minimum absolute atomic E-state index is 0.0778. The summed E-state index contributed by atoms with van der Waals surface area (Å²) in [6, 6.07) is 13.1. The zero-order valence-electron chi connectivity index (χ0n) is 19.1. The van der Waals surface area contributed by atoms with E-state index in [2.05, 4.69) is 46.1 Å². The number of nitrogens with zero attached hydrogens (tertiary/aromatic N) is 7. The summed E-state index contributed by atoms with van der Waals surface area (Å²) in [5.41, 5.74) is 3.25. The maximum absolute atomic E-state index is 12.5. The van der Waals surface area contributed by atoms with E-state index in [-0.39, 0.29) is 5.91 Å². The van der Waals surface area contributed by atoms with Crippen LogP contribution in [0.5, 0.6) is 0 Å². The molecule has 5 aromatic heterocycles. The highest BCUT2D eigenvalue weighted by Gasteiger charge is 2.24. The van der Waals surface area contributed by atoms with Gasteiger partial charge in [-0.05, 0) is 58.4 Å². The lowest BCUT2D eigenvalue weighted by Gasteiger charge is -2.35. The molecule has 1 saturated heterocycles. The van der Waals surface area contributed by atoms with Crippen molar-refractivity contribution in [1.82, 2.24) is 29.2 Å². The SMILES string of the molecule is O=C(c1ccco1)N1CCN(c2ccc(Nc3nccc(-c4cnc5ccc(Br)cn45)n3)cn2)CC1. The van der Waals surface area contributed by atoms with Crippen molar-refractivity contribution in [1.29, 1.82) is 0 Å². The molecule has 11 heteroatoms. The van der Waals surface area contributed by atoms with Crippen molar-refractivity contribution in [2.24, 2.45) is 0 Å². The van der Waals surface area contributed by atoms with Crippen LogP contribution in [0.1, 0.15) is 10.6 Å². The second-order valence-electron chi connectivity index (χ2n) is 8.27. The van der Waals surface area contributed by atoms with Crippen molar-refractivity contribution >= 4 is 44.9 Å². The summed E-state index contributed by atoms with van der Waals surface area (Å²) in [4.78, 5) is 34.5. The molecule has 0 aromatic carbocycles. The van der Waals surface area contributed by atoms with Gasteiger partial charge in [-0.2, -0.15) is 0 Å². The number of aromatic nitrogens is 5. The molecule has 1 aliphatic heterocycles. The van der Waals surface area contributed by atoms with E-state index in [9.17, 15) is 4.79 Å². The zero-order chi connectivity index (χ0) is 24.5. The number of fused-ring (bicyclic) bond motifs is 1. The molecule has 1 N–H and O–H groups in total. The quantitative estimate of drug-likeness (QED) is 0.350. The molecule has 6 rings (SSSR count). The summed E-state index contributed by atoms with van der Waals surface area (Å²) in [5, 5.41) is 3.23. The Morgan fingerprint density at radius 3 is 2.64 bits per heavy atom. The van der Waals surface area contributed by atoms with Crippen molar-refractivity contribution < 1.29 is 9.21 Å². The van der Waals surface area contributed by atoms with E-state index in [4.69, 9.17) is 4.42 Å². The standard InChI is InChI=1S/C25H21BrN8O2/c26-17-3-5-23-29-15-20(34(23)16-17)19-7-8-27-25(31-19)30-18-4-6-22(28-14-18)32-9-11-33(12-10-32)24(35)21-2-1-13-36-21/h1-8,13-16H,9-12H2,(H,27,30,31). The Hall–Kier alpha value is -4.25. The van der Waals surface area contributed by atoms with Gasteiger partial charge in [0.15, 0.2) is 5.76 Å². The molecule has 36 heavy (non-hydrogen) atoms. The number of nitrogens with one attached hydrogen (secondary N) is 1. The minimum atomic E-state index is -0.0778. The molecule has 0 spiro atoms. The number of imidazole rings is 1. The van der Waals surface area contributed by atoms with E-state index >= 15 is 0 Å². The number of carbonyl (C=O) groups excluding carboxylic acids is 1. The summed E-state index contributed by atoms with van der Waals surface area (Å²) >= 11 is 3.51. The van der Waals surface area contributed by atoms with Gasteiger partial charge in [-0.1, -0.05) is 0 Å². The normalized spacial score (nSPS) is 13.8. The van der Waals surface area contributed by atoms with Crippen LogP contribution in [0.2, 0.25) is 0 Å². The molecule has 0 saturated carbocycles. The third-order valence-electron chi connectivity index (χ3n) is 6.01. The van der Waals surface area contributed by atoms with Gasteiger partial charge >= 0.3 is 0 Å². The lowest BCUT2D eigenvalue weighted by Crippen LogP contribution is -2.49. The second kappa shape index (κ2) is 9.42. The number of carbonyl (C=O) groups is 1. The van der Waals surface area contributed by atoms with Crippen molar-refractivity contribution in [2.75, 3.05) is 36.4 Å². The van der Waals surface area contributed by atoms with Gasteiger partial charge in [0.25, 0.3) is 5.91 Å². The predicted molar refractivity (Wildman–Crippen MR) is 138 cm³/mol. The van der Waals surface area contributed by atoms with Crippen LogP contribution in [-0.4, -0.2) is 61.3 Å². The Balaban J connectivity index is 1.12. The first-order valence-corrected chi connectivity index (χ1v) is 12.2. The van der Waals surface area contributed by atoms with Gasteiger partial charge in [0.2, 0.25) is 5.95 Å². The van der Waals surface area contributed by atoms with Gasteiger partial charge in [-0.3, -0.25) is 9.20 Å². The molecule has 0 atom stereocenters. The number of hydrogen-bond donors (Lipinski definition) is 1. The highest BCUT2D eigenvalue weighted by Crippen LogP contribution is 2.23. The van der Waals surface area contributed by atoms with Crippen molar-refractivity contribution in [2.45, 2.75) is 0 Å². The number of anilines is 3. The van der Waals surface area contributed by atoms with Crippen LogP contribution in [0, 0.1) is 0 Å². The molecule has 1 aliphatic rings. The van der Waals surface area contributed by atoms with Gasteiger partial charge in [0.05, 0.1) is 35.7 Å². The summed E-state index contributed by atoms with van der Waals surface area (Å²) in [7, 11) is 0. The van der Waals surface area contributed by atoms with Crippen LogP contribution in [0.4, 0.5) is 17.5 Å². The van der Waals surface area contributed by atoms with Crippen LogP contribution in [0.15, 0.2) is 82.4 Å². The van der Waals surface area contributed by atoms with Crippen LogP contribution in [-0.2, 0) is 0 Å². The average molecular weight is 545 g/mol. The van der Waals surface area contributed by atoms with Gasteiger partial charge in [-0.25, -0.2) is 19.9 Å². The van der Waals surface area contributed by atoms with E-state index in [1.54, 1.807) is 35.6 Å². The molecule has 1 fully saturated rings. The van der Waals surface area contributed by atoms with Gasteiger partial charge in [-0.15, -0.1) is 0 Å². The van der Waals surface area contributed by atoms with E-state index in [1.165, 1.54) is 6.26 Å². The third kappa shape index (κ3) is 4.40. The molecule has 0 aliphatic carbocycles. The number of halogens is 1. The molecule has 5 aromatic rings. The molecule has 180 valence electrons. The first-order chi connectivity index (χ1) is 17.6. The first kappa shape index (κ1) is 22.2. The summed E-state index contributed by atoms with van der Waals surface area (Å²) in [5.74, 6) is 1.62. The van der Waals surface area contributed by atoms with Gasteiger partial charge in [0.1, 0.15) is 11.5 Å². The summed E-state index contributed by atoms with van der Waals surface area (Å²) < 4.78 is 8.17. The number of amides is 1. The van der Waals surface area contributed by atoms with E-state index in [1.807, 2.05) is 40.9 Å². The van der Waals surface area contributed by atoms with E-state index in [0.717, 1.165) is 33.0 Å². The van der Waals surface area contributed by atoms with Crippen LogP contribution in [0.25, 0.3) is 17.0 Å². The number of rotatable bonds is 5. The summed E-state index contributed by atoms with van der Waals surface area (Å²) in [6.45, 7) is 2.63. The fourth-order valence-electron chi connectivity index (χ4n) is 4.18. The van der Waals surface area contributed by atoms with Crippen molar-refractivity contribution in [3.05, 3.63) is 83.7 Å². The van der Waals surface area contributed by atoms with Crippen LogP contribution in [0.3, 0.4) is 0 Å². The Morgan fingerprint density at radius 1 is 0.972 bits per heavy atom. The lowest BCUT2D eigenvalue weighted by atomic mass is 10.2. The van der Waals surface area contributed by atoms with E-state index in [0.29, 0.717) is 37.9 Å². The summed E-state index contributed by atoms with van der Waals surface area (Å²) in [6.07, 6.45) is 8.75. The third-order valence-corrected chi connectivity index (χ3v) is 6.48. The van der Waals surface area contributed by atoms with Gasteiger partial charge < -0.3 is 19.5 Å². The Bertz CT molecular complexity index is 1510. The van der Waals surface area contributed by atoms with Crippen molar-refractivity contribution in [3.8, 4) is 11.4 Å². The smallest absolute Gasteiger partial charge is 0.289 e. The molecule has 0 radical (unpaired) electrons. The highest BCUT2D eigenvalue weighted by atomic mass is 79.9. The maximum Gasteiger partial charge on any atom is 0.289 e. The topological polar surface area (TPSA) is 105 Å². The van der Waals surface area contributed by atoms with E-state index < -0.39 is 0 Å². The molecule has 0 unspecified atom stereocenters. The van der Waals surface area contributed by atoms with Gasteiger partial charge in [0, 0.05) is 43.0 Å². The highest BCUT2D eigenvalue weighted by molar-refractivity contribution is 9.10. The molecule has 1 amide bonds. The Kier molecular flexibility index (Phi) is 5.82. The molecular weight excluding hydrogens is 524 g/mol. The molecule has 0 bridgehead atoms. The maximum atomic E-state index is 12.5. The molecular formula is C25H21BrN8O2. The Labute approximate surface area is 214 Å². The molecule has 10 nitrogen and oxygen atoms in total. The minimum Gasteiger partial charge on any atom is -0.459 e. The van der Waals surface area contributed by atoms with Crippen molar-refractivity contribution in [3.63, 3.8) is 0 Å². The largest absolute Gasteiger partial charge is 0.459 e. The number of hydrogen-bond acceptors (Lipinski definition) is 8. The second-order valence-corrected chi connectivity index (χ2v) is 9.19. The number of piperazine rings is 1. The number of pyridine rings is 2. The average Bonchev–Trinajstić information content (AvgIpc) is 3.59. The monoisotopic (exact) mass is 544 g/mol. The van der Waals surface area contributed by atoms with Crippen LogP contribution < -0.4 is 10.2 Å². The number of furan rings is 1. The Morgan fingerprint density at radius 2 is 1.86 bits per heavy atom. The molecule has 6 heterocycles. The predicted octanol–water partition coefficient (Wildman–Crippen LogP) is 4.25. The van der Waals surface area contributed by atoms with Crippen LogP contribution >= 0.6 is 15.9 Å². The fraction of sp³-hybridized carbons (Fsp3) is 0.160.